The zero-order chi connectivity index (χ0) is 14.4. The first-order valence-electron chi connectivity index (χ1n) is 6.91. The second-order valence-corrected chi connectivity index (χ2v) is 5.23. The molecule has 0 fully saturated rings. The molecule has 0 unspecified atom stereocenters. The van der Waals surface area contributed by atoms with Crippen molar-refractivity contribution in [3.63, 3.8) is 0 Å². The summed E-state index contributed by atoms with van der Waals surface area (Å²) in [7, 11) is 0. The molecule has 21 heavy (non-hydrogen) atoms. The van der Waals surface area contributed by atoms with Crippen LogP contribution in [0.5, 0.6) is 0 Å². The van der Waals surface area contributed by atoms with Crippen LogP contribution in [0.4, 0.5) is 0 Å². The van der Waals surface area contributed by atoms with Gasteiger partial charge in [0, 0.05) is 5.56 Å². The van der Waals surface area contributed by atoms with Crippen LogP contribution in [0, 0.1) is 13.8 Å². The highest BCUT2D eigenvalue weighted by Crippen LogP contribution is 2.24. The Hall–Kier alpha value is -2.75. The molecule has 4 nitrogen and oxygen atoms in total. The molecule has 2 aromatic carbocycles. The molecule has 0 aliphatic heterocycles. The van der Waals surface area contributed by atoms with Crippen LogP contribution in [0.15, 0.2) is 48.5 Å². The number of hydrogen-bond acceptors (Lipinski definition) is 3. The summed E-state index contributed by atoms with van der Waals surface area (Å²) in [5.74, 6) is 0.853. The molecule has 0 spiro atoms. The van der Waals surface area contributed by atoms with Crippen LogP contribution >= 0.6 is 0 Å². The summed E-state index contributed by atoms with van der Waals surface area (Å²) in [5.41, 5.74) is 5.97. The molecule has 4 aromatic rings. The van der Waals surface area contributed by atoms with Crippen molar-refractivity contribution in [3.05, 3.63) is 59.8 Å². The van der Waals surface area contributed by atoms with Gasteiger partial charge >= 0.3 is 0 Å². The van der Waals surface area contributed by atoms with E-state index in [2.05, 4.69) is 56.8 Å². The molecule has 102 valence electrons. The van der Waals surface area contributed by atoms with Crippen LogP contribution in [0.1, 0.15) is 11.3 Å². The molecular formula is C17H14N4. The second-order valence-electron chi connectivity index (χ2n) is 5.23. The molecule has 0 saturated carbocycles. The highest BCUT2D eigenvalue weighted by atomic mass is 15.3. The number of hydrogen-bond donors (Lipinski definition) is 0. The third-order valence-electron chi connectivity index (χ3n) is 3.71. The van der Waals surface area contributed by atoms with Gasteiger partial charge < -0.3 is 0 Å². The van der Waals surface area contributed by atoms with Crippen molar-refractivity contribution in [2.45, 2.75) is 13.8 Å². The van der Waals surface area contributed by atoms with E-state index in [1.165, 1.54) is 5.56 Å². The van der Waals surface area contributed by atoms with Crippen molar-refractivity contribution in [3.8, 4) is 11.4 Å². The smallest absolute Gasteiger partial charge is 0.183 e. The first-order chi connectivity index (χ1) is 10.2. The van der Waals surface area contributed by atoms with Crippen molar-refractivity contribution < 1.29 is 0 Å². The summed E-state index contributed by atoms with van der Waals surface area (Å²) in [6.45, 7) is 4.05. The average Bonchev–Trinajstić information content (AvgIpc) is 2.94. The summed E-state index contributed by atoms with van der Waals surface area (Å²) < 4.78 is 2.09. The van der Waals surface area contributed by atoms with E-state index in [1.807, 2.05) is 25.1 Å². The van der Waals surface area contributed by atoms with Gasteiger partial charge in [0.2, 0.25) is 0 Å². The van der Waals surface area contributed by atoms with E-state index in [4.69, 9.17) is 0 Å². The summed E-state index contributed by atoms with van der Waals surface area (Å²) in [6, 6.07) is 16.4. The lowest BCUT2D eigenvalue weighted by atomic mass is 10.1. The normalized spacial score (nSPS) is 11.3. The van der Waals surface area contributed by atoms with Gasteiger partial charge in [0.25, 0.3) is 0 Å². The van der Waals surface area contributed by atoms with Gasteiger partial charge in [-0.05, 0) is 26.0 Å². The van der Waals surface area contributed by atoms with Gasteiger partial charge in [0.15, 0.2) is 11.5 Å². The number of benzene rings is 2. The van der Waals surface area contributed by atoms with Gasteiger partial charge in [0.1, 0.15) is 0 Å². The minimum absolute atomic E-state index is 0.810. The molecule has 2 heterocycles. The fraction of sp³-hybridized carbons (Fsp3) is 0.118. The van der Waals surface area contributed by atoms with Crippen LogP contribution in [0.3, 0.4) is 0 Å². The first-order valence-corrected chi connectivity index (χ1v) is 6.91. The summed E-state index contributed by atoms with van der Waals surface area (Å²) in [5, 5.41) is 8.70. The third kappa shape index (κ3) is 1.80. The minimum Gasteiger partial charge on any atom is -0.272 e. The molecule has 2 aromatic heterocycles. The second kappa shape index (κ2) is 4.38. The van der Waals surface area contributed by atoms with Crippen molar-refractivity contribution in [1.29, 1.82) is 0 Å². The lowest BCUT2D eigenvalue weighted by molar-refractivity contribution is 1.11. The Labute approximate surface area is 122 Å². The lowest BCUT2D eigenvalue weighted by Crippen LogP contribution is -1.97. The number of rotatable bonds is 1. The predicted octanol–water partition coefficient (Wildman–Crippen LogP) is 3.56. The maximum atomic E-state index is 4.60. The summed E-state index contributed by atoms with van der Waals surface area (Å²) >= 11 is 0. The van der Waals surface area contributed by atoms with Gasteiger partial charge in [-0.1, -0.05) is 42.0 Å². The standard InChI is InChI=1S/C17H14N4/c1-11-7-9-13(10-8-11)17-20-19-16-12(2)18-14-5-3-4-6-15(14)21(16)17/h3-10H,1-2H3. The van der Waals surface area contributed by atoms with Crippen LogP contribution in [0.25, 0.3) is 28.1 Å². The van der Waals surface area contributed by atoms with E-state index in [9.17, 15) is 0 Å². The molecular weight excluding hydrogens is 260 g/mol. The molecule has 0 saturated heterocycles. The molecule has 0 aliphatic rings. The molecule has 0 radical (unpaired) electrons. The molecule has 0 bridgehead atoms. The molecule has 0 aliphatic carbocycles. The maximum Gasteiger partial charge on any atom is 0.183 e. The largest absolute Gasteiger partial charge is 0.272 e. The Morgan fingerprint density at radius 3 is 2.43 bits per heavy atom. The van der Waals surface area contributed by atoms with E-state index in [0.29, 0.717) is 0 Å². The zero-order valence-electron chi connectivity index (χ0n) is 11.9. The number of aryl methyl sites for hydroxylation is 2. The number of fused-ring (bicyclic) bond motifs is 3. The van der Waals surface area contributed by atoms with E-state index in [0.717, 1.165) is 33.8 Å². The topological polar surface area (TPSA) is 43.1 Å². The van der Waals surface area contributed by atoms with Crippen molar-refractivity contribution in [2.24, 2.45) is 0 Å². The fourth-order valence-corrected chi connectivity index (χ4v) is 2.61. The summed E-state index contributed by atoms with van der Waals surface area (Å²) in [6.07, 6.45) is 0. The number of aromatic nitrogens is 4. The van der Waals surface area contributed by atoms with Crippen molar-refractivity contribution in [1.82, 2.24) is 19.6 Å². The Bertz CT molecular complexity index is 952. The lowest BCUT2D eigenvalue weighted by Gasteiger charge is -2.06. The Balaban J connectivity index is 2.13. The predicted molar refractivity (Wildman–Crippen MR) is 83.2 cm³/mol. The molecule has 0 atom stereocenters. The summed E-state index contributed by atoms with van der Waals surface area (Å²) in [4.78, 5) is 4.60. The maximum absolute atomic E-state index is 4.60. The van der Waals surface area contributed by atoms with Gasteiger partial charge in [-0.2, -0.15) is 0 Å². The van der Waals surface area contributed by atoms with E-state index in [1.54, 1.807) is 0 Å². The average molecular weight is 274 g/mol. The van der Waals surface area contributed by atoms with E-state index < -0.39 is 0 Å². The van der Waals surface area contributed by atoms with Crippen LogP contribution in [-0.4, -0.2) is 19.6 Å². The highest BCUT2D eigenvalue weighted by molar-refractivity contribution is 5.81. The van der Waals surface area contributed by atoms with Gasteiger partial charge in [-0.15, -0.1) is 10.2 Å². The molecule has 4 rings (SSSR count). The Morgan fingerprint density at radius 2 is 1.62 bits per heavy atom. The van der Waals surface area contributed by atoms with Gasteiger partial charge in [-0.25, -0.2) is 4.98 Å². The monoisotopic (exact) mass is 274 g/mol. The van der Waals surface area contributed by atoms with Gasteiger partial charge in [0.05, 0.1) is 16.7 Å². The van der Waals surface area contributed by atoms with E-state index in [-0.39, 0.29) is 0 Å². The molecule has 4 heteroatoms. The van der Waals surface area contributed by atoms with Crippen LogP contribution < -0.4 is 0 Å². The first kappa shape index (κ1) is 12.0. The third-order valence-corrected chi connectivity index (χ3v) is 3.71. The quantitative estimate of drug-likeness (QED) is 0.533. The fourth-order valence-electron chi connectivity index (χ4n) is 2.61. The van der Waals surface area contributed by atoms with Gasteiger partial charge in [-0.3, -0.25) is 4.40 Å². The minimum atomic E-state index is 0.810. The van der Waals surface area contributed by atoms with Crippen molar-refractivity contribution >= 4 is 16.7 Å². The Morgan fingerprint density at radius 1 is 0.857 bits per heavy atom. The number of nitrogens with zero attached hydrogens (tertiary/aromatic N) is 4. The Kier molecular flexibility index (Phi) is 2.51. The number of para-hydroxylation sites is 2. The van der Waals surface area contributed by atoms with Crippen LogP contribution in [-0.2, 0) is 0 Å². The molecule has 0 amide bonds. The van der Waals surface area contributed by atoms with Crippen LogP contribution in [0.2, 0.25) is 0 Å². The van der Waals surface area contributed by atoms with E-state index >= 15 is 0 Å². The SMILES string of the molecule is Cc1ccc(-c2nnc3c(C)nc4ccccc4n23)cc1. The highest BCUT2D eigenvalue weighted by Gasteiger charge is 2.13. The van der Waals surface area contributed by atoms with Crippen molar-refractivity contribution in [2.75, 3.05) is 0 Å². The zero-order valence-corrected chi connectivity index (χ0v) is 11.9. The molecule has 0 N–H and O–H groups in total.